The number of carbonyl (C=O) groups is 1. The molecule has 0 aliphatic heterocycles. The number of carbonyl (C=O) groups excluding carboxylic acids is 1. The van der Waals surface area contributed by atoms with Crippen molar-refractivity contribution in [1.82, 2.24) is 5.32 Å². The predicted octanol–water partition coefficient (Wildman–Crippen LogP) is 3.78. The van der Waals surface area contributed by atoms with Crippen molar-refractivity contribution in [3.05, 3.63) is 96.2 Å². The Bertz CT molecular complexity index is 1430. The average molecular weight is 515 g/mol. The summed E-state index contributed by atoms with van der Waals surface area (Å²) in [6.45, 7) is 3.90. The highest BCUT2D eigenvalue weighted by Gasteiger charge is 2.21. The molecule has 0 aromatic heterocycles. The lowest BCUT2D eigenvalue weighted by molar-refractivity contribution is 0.0965. The molecule has 8 nitrogen and oxygen atoms in total. The van der Waals surface area contributed by atoms with Crippen LogP contribution in [0.15, 0.2) is 94.9 Å². The van der Waals surface area contributed by atoms with Crippen LogP contribution in [0, 0.1) is 0 Å². The van der Waals surface area contributed by atoms with E-state index in [2.05, 4.69) is 16.6 Å². The van der Waals surface area contributed by atoms with Gasteiger partial charge in [0.05, 0.1) is 28.2 Å². The summed E-state index contributed by atoms with van der Waals surface area (Å²) in [5.74, 6) is -0.189. The minimum atomic E-state index is -4.13. The van der Waals surface area contributed by atoms with Gasteiger partial charge in [0.25, 0.3) is 15.9 Å². The molecule has 0 aliphatic rings. The number of benzene rings is 3. The molecule has 0 aliphatic carbocycles. The maximum atomic E-state index is 13.0. The summed E-state index contributed by atoms with van der Waals surface area (Å²) >= 11 is 0. The number of methoxy groups -OCH3 is 1. The van der Waals surface area contributed by atoms with Crippen molar-refractivity contribution in [3.8, 4) is 5.75 Å². The zero-order valence-corrected chi connectivity index (χ0v) is 20.9. The number of rotatable bonds is 10. The average Bonchev–Trinajstić information content (AvgIpc) is 2.82. The molecule has 0 fully saturated rings. The van der Waals surface area contributed by atoms with E-state index in [0.717, 1.165) is 11.8 Å². The molecule has 184 valence electrons. The molecule has 0 heterocycles. The van der Waals surface area contributed by atoms with Crippen molar-refractivity contribution in [1.29, 1.82) is 0 Å². The minimum absolute atomic E-state index is 0.00454. The van der Waals surface area contributed by atoms with Crippen molar-refractivity contribution in [3.63, 3.8) is 0 Å². The number of sulfonamides is 1. The van der Waals surface area contributed by atoms with Gasteiger partial charge in [0.15, 0.2) is 9.84 Å². The van der Waals surface area contributed by atoms with Crippen LogP contribution in [-0.2, 0) is 26.3 Å². The number of ether oxygens (including phenoxy) is 1. The standard InChI is InChI=1S/C25H26N2O6S2/c1-18(9-10-19-7-5-4-6-8-19)26-25(28)23-16-11-20(33-2)17-24(23)27-35(31,32)22-14-12-21(13-15-22)34(3,29)30/h4-8,11-17,27H,1,9-10H2,2-3H3,(H,26,28). The van der Waals surface area contributed by atoms with E-state index in [0.29, 0.717) is 24.3 Å². The van der Waals surface area contributed by atoms with Crippen LogP contribution in [0.2, 0.25) is 0 Å². The minimum Gasteiger partial charge on any atom is -0.497 e. The normalized spacial score (nSPS) is 11.5. The molecule has 10 heteroatoms. The predicted molar refractivity (Wildman–Crippen MR) is 135 cm³/mol. The summed E-state index contributed by atoms with van der Waals surface area (Å²) in [7, 11) is -6.19. The van der Waals surface area contributed by atoms with E-state index >= 15 is 0 Å². The van der Waals surface area contributed by atoms with Crippen molar-refractivity contribution in [2.24, 2.45) is 0 Å². The number of hydrogen-bond acceptors (Lipinski definition) is 6. The van der Waals surface area contributed by atoms with Crippen molar-refractivity contribution in [2.75, 3.05) is 18.1 Å². The largest absolute Gasteiger partial charge is 0.497 e. The molecule has 1 amide bonds. The van der Waals surface area contributed by atoms with Crippen molar-refractivity contribution >= 4 is 31.5 Å². The van der Waals surface area contributed by atoms with Crippen LogP contribution in [0.1, 0.15) is 22.3 Å². The number of aryl methyl sites for hydroxylation is 1. The fourth-order valence-electron chi connectivity index (χ4n) is 3.23. The zero-order valence-electron chi connectivity index (χ0n) is 19.3. The number of amides is 1. The quantitative estimate of drug-likeness (QED) is 0.425. The third-order valence-electron chi connectivity index (χ3n) is 5.13. The van der Waals surface area contributed by atoms with Gasteiger partial charge in [-0.2, -0.15) is 0 Å². The summed E-state index contributed by atoms with van der Waals surface area (Å²) < 4.78 is 56.8. The fourth-order valence-corrected chi connectivity index (χ4v) is 4.93. The maximum Gasteiger partial charge on any atom is 0.261 e. The molecule has 0 bridgehead atoms. The van der Waals surface area contributed by atoms with E-state index in [1.807, 2.05) is 30.3 Å². The van der Waals surface area contributed by atoms with Gasteiger partial charge in [0.2, 0.25) is 0 Å². The lowest BCUT2D eigenvalue weighted by atomic mass is 10.1. The summed E-state index contributed by atoms with van der Waals surface area (Å²) in [5, 5.41) is 2.72. The van der Waals surface area contributed by atoms with E-state index in [9.17, 15) is 21.6 Å². The third kappa shape index (κ3) is 6.93. The molecule has 0 spiro atoms. The highest BCUT2D eigenvalue weighted by molar-refractivity contribution is 7.92. The van der Waals surface area contributed by atoms with Crippen LogP contribution in [0.4, 0.5) is 5.69 Å². The van der Waals surface area contributed by atoms with E-state index in [4.69, 9.17) is 4.74 Å². The third-order valence-corrected chi connectivity index (χ3v) is 7.64. The van der Waals surface area contributed by atoms with Gasteiger partial charge in [0.1, 0.15) is 5.75 Å². The molecule has 0 saturated heterocycles. The lowest BCUT2D eigenvalue weighted by Gasteiger charge is -2.15. The molecule has 0 unspecified atom stereocenters. The zero-order chi connectivity index (χ0) is 25.6. The van der Waals surface area contributed by atoms with Gasteiger partial charge in [-0.15, -0.1) is 0 Å². The van der Waals surface area contributed by atoms with Crippen molar-refractivity contribution < 1.29 is 26.4 Å². The Kier molecular flexibility index (Phi) is 7.98. The molecule has 3 aromatic rings. The summed E-state index contributed by atoms with van der Waals surface area (Å²) in [6, 6.07) is 18.9. The number of anilines is 1. The highest BCUT2D eigenvalue weighted by Crippen LogP contribution is 2.26. The number of allylic oxidation sites excluding steroid dienone is 1. The topological polar surface area (TPSA) is 119 Å². The van der Waals surface area contributed by atoms with Crippen LogP contribution in [0.3, 0.4) is 0 Å². The first-order valence-electron chi connectivity index (χ1n) is 10.5. The van der Waals surface area contributed by atoms with Gasteiger partial charge in [-0.25, -0.2) is 16.8 Å². The smallest absolute Gasteiger partial charge is 0.261 e. The van der Waals surface area contributed by atoms with E-state index in [-0.39, 0.29) is 21.0 Å². The first kappa shape index (κ1) is 26.0. The Hall–Kier alpha value is -3.63. The molecule has 3 aromatic carbocycles. The maximum absolute atomic E-state index is 13.0. The Morgan fingerprint density at radius 1 is 0.914 bits per heavy atom. The Labute approximate surface area is 205 Å². The first-order valence-corrected chi connectivity index (χ1v) is 13.9. The molecular formula is C25H26N2O6S2. The Morgan fingerprint density at radius 2 is 1.54 bits per heavy atom. The number of sulfone groups is 1. The molecule has 0 radical (unpaired) electrons. The van der Waals surface area contributed by atoms with Crippen LogP contribution in [0.25, 0.3) is 0 Å². The van der Waals surface area contributed by atoms with Gasteiger partial charge in [-0.1, -0.05) is 36.9 Å². The van der Waals surface area contributed by atoms with Crippen molar-refractivity contribution in [2.45, 2.75) is 22.6 Å². The Balaban J connectivity index is 1.80. The summed E-state index contributed by atoms with van der Waals surface area (Å²) in [6.07, 6.45) is 2.23. The lowest BCUT2D eigenvalue weighted by Crippen LogP contribution is -2.25. The van der Waals surface area contributed by atoms with Gasteiger partial charge in [-0.05, 0) is 54.8 Å². The van der Waals surface area contributed by atoms with E-state index in [1.165, 1.54) is 43.5 Å². The monoisotopic (exact) mass is 514 g/mol. The van der Waals surface area contributed by atoms with Gasteiger partial charge in [-0.3, -0.25) is 9.52 Å². The molecule has 0 atom stereocenters. The highest BCUT2D eigenvalue weighted by atomic mass is 32.2. The SMILES string of the molecule is C=C(CCc1ccccc1)NC(=O)c1ccc(OC)cc1NS(=O)(=O)c1ccc(S(C)(=O)=O)cc1. The second-order valence-electron chi connectivity index (χ2n) is 7.80. The second-order valence-corrected chi connectivity index (χ2v) is 11.5. The van der Waals surface area contributed by atoms with Gasteiger partial charge in [0, 0.05) is 18.0 Å². The fraction of sp³-hybridized carbons (Fsp3) is 0.160. The Morgan fingerprint density at radius 3 is 2.14 bits per heavy atom. The first-order chi connectivity index (χ1) is 16.5. The molecule has 35 heavy (non-hydrogen) atoms. The summed E-state index contributed by atoms with van der Waals surface area (Å²) in [4.78, 5) is 12.8. The van der Waals surface area contributed by atoms with Gasteiger partial charge < -0.3 is 10.1 Å². The van der Waals surface area contributed by atoms with E-state index in [1.54, 1.807) is 6.07 Å². The molecule has 0 saturated carbocycles. The van der Waals surface area contributed by atoms with Crippen LogP contribution in [-0.4, -0.2) is 36.1 Å². The van der Waals surface area contributed by atoms with E-state index < -0.39 is 25.8 Å². The molecule has 2 N–H and O–H groups in total. The molecule has 3 rings (SSSR count). The van der Waals surface area contributed by atoms with Crippen LogP contribution in [0.5, 0.6) is 5.75 Å². The summed E-state index contributed by atoms with van der Waals surface area (Å²) in [5.41, 5.74) is 1.66. The number of hydrogen-bond donors (Lipinski definition) is 2. The number of nitrogens with one attached hydrogen (secondary N) is 2. The molecular weight excluding hydrogens is 488 g/mol. The van der Waals surface area contributed by atoms with Gasteiger partial charge >= 0.3 is 0 Å². The van der Waals surface area contributed by atoms with Crippen LogP contribution < -0.4 is 14.8 Å². The second kappa shape index (κ2) is 10.7. The van der Waals surface area contributed by atoms with Crippen LogP contribution >= 0.6 is 0 Å².